The molecule has 0 unspecified atom stereocenters. The summed E-state index contributed by atoms with van der Waals surface area (Å²) in [4.78, 5) is 22.3. The van der Waals surface area contributed by atoms with E-state index in [1.807, 2.05) is 0 Å². The van der Waals surface area contributed by atoms with Crippen LogP contribution in [0.2, 0.25) is 0 Å². The van der Waals surface area contributed by atoms with E-state index < -0.39 is 0 Å². The highest BCUT2D eigenvalue weighted by molar-refractivity contribution is 7.99. The van der Waals surface area contributed by atoms with Gasteiger partial charge in [0, 0.05) is 37.7 Å². The molecule has 1 aromatic carbocycles. The van der Waals surface area contributed by atoms with Gasteiger partial charge in [-0.3, -0.25) is 4.79 Å². The van der Waals surface area contributed by atoms with Crippen LogP contribution in [-0.4, -0.2) is 41.3 Å². The minimum atomic E-state index is 0.00254. The number of nitrogens with one attached hydrogen (secondary N) is 1. The van der Waals surface area contributed by atoms with Crippen molar-refractivity contribution >= 4 is 23.4 Å². The Morgan fingerprint density at radius 1 is 1.26 bits per heavy atom. The maximum Gasteiger partial charge on any atom is 0.230 e. The minimum absolute atomic E-state index is 0.00254. The van der Waals surface area contributed by atoms with E-state index in [9.17, 15) is 4.79 Å². The first-order valence-electron chi connectivity index (χ1n) is 7.67. The number of aryl methyl sites for hydroxylation is 1. The van der Waals surface area contributed by atoms with Crippen LogP contribution < -0.4 is 10.2 Å². The number of benzene rings is 1. The molecule has 0 saturated heterocycles. The van der Waals surface area contributed by atoms with Crippen LogP contribution in [0.4, 0.5) is 5.69 Å². The molecule has 23 heavy (non-hydrogen) atoms. The van der Waals surface area contributed by atoms with Gasteiger partial charge in [0.25, 0.3) is 0 Å². The summed E-state index contributed by atoms with van der Waals surface area (Å²) in [6.45, 7) is 6.52. The Morgan fingerprint density at radius 2 is 2.04 bits per heavy atom. The van der Waals surface area contributed by atoms with Crippen LogP contribution in [0.15, 0.2) is 47.9 Å². The summed E-state index contributed by atoms with van der Waals surface area (Å²) in [5.74, 6) is 0.336. The molecule has 2 aromatic rings. The highest BCUT2D eigenvalue weighted by Gasteiger charge is 2.07. The molecule has 1 amide bonds. The molecule has 5 nitrogen and oxygen atoms in total. The molecule has 0 aliphatic heterocycles. The molecule has 1 N–H and O–H groups in total. The average Bonchev–Trinajstić information content (AvgIpc) is 2.58. The lowest BCUT2D eigenvalue weighted by atomic mass is 10.2. The Balaban J connectivity index is 1.73. The second-order valence-corrected chi connectivity index (χ2v) is 6.03. The number of carbonyl (C=O) groups excluding carboxylic acids is 1. The standard InChI is InChI=1S/C17H22N4OS/c1-3-21(15-7-4-6-14(2)12-15)11-10-18-16(22)13-23-17-19-8-5-9-20-17/h4-9,12H,3,10-11,13H2,1-2H3,(H,18,22). The van der Waals surface area contributed by atoms with E-state index >= 15 is 0 Å². The molecule has 6 heteroatoms. The molecular formula is C17H22N4OS. The summed E-state index contributed by atoms with van der Waals surface area (Å²) in [7, 11) is 0. The predicted molar refractivity (Wildman–Crippen MR) is 94.8 cm³/mol. The van der Waals surface area contributed by atoms with E-state index in [0.29, 0.717) is 17.5 Å². The molecule has 1 heterocycles. The smallest absolute Gasteiger partial charge is 0.230 e. The van der Waals surface area contributed by atoms with Gasteiger partial charge in [-0.1, -0.05) is 23.9 Å². The molecular weight excluding hydrogens is 308 g/mol. The van der Waals surface area contributed by atoms with Gasteiger partial charge in [-0.2, -0.15) is 0 Å². The number of anilines is 1. The van der Waals surface area contributed by atoms with Crippen LogP contribution >= 0.6 is 11.8 Å². The van der Waals surface area contributed by atoms with E-state index in [2.05, 4.69) is 58.3 Å². The zero-order valence-electron chi connectivity index (χ0n) is 13.5. The number of nitrogens with zero attached hydrogens (tertiary/aromatic N) is 3. The average molecular weight is 330 g/mol. The summed E-state index contributed by atoms with van der Waals surface area (Å²) in [6.07, 6.45) is 3.35. The molecule has 0 fully saturated rings. The second-order valence-electron chi connectivity index (χ2n) is 5.09. The maximum absolute atomic E-state index is 11.9. The van der Waals surface area contributed by atoms with Crippen LogP contribution in [0.25, 0.3) is 0 Å². The molecule has 0 saturated carbocycles. The number of rotatable bonds is 8. The first-order chi connectivity index (χ1) is 11.2. The minimum Gasteiger partial charge on any atom is -0.370 e. The molecule has 0 atom stereocenters. The molecule has 1 aromatic heterocycles. The fourth-order valence-corrected chi connectivity index (χ4v) is 2.80. The second kappa shape index (κ2) is 9.15. The zero-order valence-corrected chi connectivity index (χ0v) is 14.3. The maximum atomic E-state index is 11.9. The van der Waals surface area contributed by atoms with E-state index in [1.54, 1.807) is 18.5 Å². The zero-order chi connectivity index (χ0) is 16.5. The Hall–Kier alpha value is -2.08. The first kappa shape index (κ1) is 17.3. The third-order valence-corrected chi connectivity index (χ3v) is 4.20. The third kappa shape index (κ3) is 5.90. The summed E-state index contributed by atoms with van der Waals surface area (Å²) in [6, 6.07) is 10.2. The molecule has 0 spiro atoms. The van der Waals surface area contributed by atoms with Crippen LogP contribution in [0, 0.1) is 6.92 Å². The van der Waals surface area contributed by atoms with Crippen molar-refractivity contribution in [2.45, 2.75) is 19.0 Å². The van der Waals surface area contributed by atoms with Crippen molar-refractivity contribution in [1.82, 2.24) is 15.3 Å². The topological polar surface area (TPSA) is 58.1 Å². The van der Waals surface area contributed by atoms with E-state index in [-0.39, 0.29) is 5.91 Å². The first-order valence-corrected chi connectivity index (χ1v) is 8.65. The third-order valence-electron chi connectivity index (χ3n) is 3.33. The summed E-state index contributed by atoms with van der Waals surface area (Å²) in [5.41, 5.74) is 2.43. The van der Waals surface area contributed by atoms with Gasteiger partial charge in [-0.25, -0.2) is 9.97 Å². The Bertz CT molecular complexity index is 621. The van der Waals surface area contributed by atoms with Gasteiger partial charge in [0.1, 0.15) is 0 Å². The van der Waals surface area contributed by atoms with Crippen molar-refractivity contribution in [2.24, 2.45) is 0 Å². The number of aromatic nitrogens is 2. The van der Waals surface area contributed by atoms with Gasteiger partial charge in [0.2, 0.25) is 5.91 Å². The largest absolute Gasteiger partial charge is 0.370 e. The van der Waals surface area contributed by atoms with Crippen molar-refractivity contribution in [3.63, 3.8) is 0 Å². The Kier molecular flexibility index (Phi) is 6.87. The number of amides is 1. The number of carbonyl (C=O) groups is 1. The number of thioether (sulfide) groups is 1. The van der Waals surface area contributed by atoms with Gasteiger partial charge in [-0.05, 0) is 37.6 Å². The summed E-state index contributed by atoms with van der Waals surface area (Å²) in [5, 5.41) is 3.57. The molecule has 122 valence electrons. The number of likely N-dealkylation sites (N-methyl/N-ethyl adjacent to an activating group) is 1. The monoisotopic (exact) mass is 330 g/mol. The van der Waals surface area contributed by atoms with E-state index in [1.165, 1.54) is 23.0 Å². The van der Waals surface area contributed by atoms with Crippen LogP contribution in [0.3, 0.4) is 0 Å². The SMILES string of the molecule is CCN(CCNC(=O)CSc1ncccn1)c1cccc(C)c1. The van der Waals surface area contributed by atoms with E-state index in [4.69, 9.17) is 0 Å². The summed E-state index contributed by atoms with van der Waals surface area (Å²) >= 11 is 1.34. The van der Waals surface area contributed by atoms with Crippen molar-refractivity contribution in [3.05, 3.63) is 48.3 Å². The lowest BCUT2D eigenvalue weighted by Crippen LogP contribution is -2.35. The lowest BCUT2D eigenvalue weighted by molar-refractivity contribution is -0.118. The van der Waals surface area contributed by atoms with Crippen molar-refractivity contribution < 1.29 is 4.79 Å². The highest BCUT2D eigenvalue weighted by atomic mass is 32.2. The predicted octanol–water partition coefficient (Wildman–Crippen LogP) is 2.52. The molecule has 0 radical (unpaired) electrons. The highest BCUT2D eigenvalue weighted by Crippen LogP contribution is 2.15. The van der Waals surface area contributed by atoms with Gasteiger partial charge in [0.15, 0.2) is 5.16 Å². The Labute approximate surface area is 141 Å². The lowest BCUT2D eigenvalue weighted by Gasteiger charge is -2.23. The molecule has 0 aliphatic carbocycles. The van der Waals surface area contributed by atoms with Gasteiger partial charge >= 0.3 is 0 Å². The fraction of sp³-hybridized carbons (Fsp3) is 0.353. The van der Waals surface area contributed by atoms with E-state index in [0.717, 1.165) is 13.1 Å². The van der Waals surface area contributed by atoms with Gasteiger partial charge in [0.05, 0.1) is 5.75 Å². The Morgan fingerprint density at radius 3 is 2.74 bits per heavy atom. The molecule has 2 rings (SSSR count). The van der Waals surface area contributed by atoms with Crippen molar-refractivity contribution in [2.75, 3.05) is 30.3 Å². The normalized spacial score (nSPS) is 10.3. The number of hydrogen-bond donors (Lipinski definition) is 1. The summed E-state index contributed by atoms with van der Waals surface area (Å²) < 4.78 is 0. The van der Waals surface area contributed by atoms with Crippen molar-refractivity contribution in [3.8, 4) is 0 Å². The van der Waals surface area contributed by atoms with Gasteiger partial charge < -0.3 is 10.2 Å². The molecule has 0 aliphatic rings. The number of hydrogen-bond acceptors (Lipinski definition) is 5. The quantitative estimate of drug-likeness (QED) is 0.595. The molecule has 0 bridgehead atoms. The van der Waals surface area contributed by atoms with Crippen LogP contribution in [0.1, 0.15) is 12.5 Å². The fourth-order valence-electron chi connectivity index (χ4n) is 2.17. The van der Waals surface area contributed by atoms with Crippen LogP contribution in [-0.2, 0) is 4.79 Å². The van der Waals surface area contributed by atoms with Gasteiger partial charge in [-0.15, -0.1) is 0 Å². The van der Waals surface area contributed by atoms with Crippen molar-refractivity contribution in [1.29, 1.82) is 0 Å². The van der Waals surface area contributed by atoms with Crippen LogP contribution in [0.5, 0.6) is 0 Å².